The van der Waals surface area contributed by atoms with Crippen LogP contribution < -0.4 is 11.0 Å². The van der Waals surface area contributed by atoms with Gasteiger partial charge in [-0.2, -0.15) is 0 Å². The first-order valence-electron chi connectivity index (χ1n) is 5.66. The van der Waals surface area contributed by atoms with Gasteiger partial charge in [0.25, 0.3) is 0 Å². The molecule has 0 radical (unpaired) electrons. The molecule has 17 heavy (non-hydrogen) atoms. The Balaban J connectivity index is 1.85. The number of carbonyl (C=O) groups is 1. The molecule has 0 spiro atoms. The molecule has 5 heteroatoms. The first-order valence-corrected chi connectivity index (χ1v) is 5.66. The average Bonchev–Trinajstić information content (AvgIpc) is 2.87. The molecule has 1 aromatic heterocycles. The van der Waals surface area contributed by atoms with Crippen LogP contribution in [0.4, 0.5) is 5.69 Å². The third kappa shape index (κ3) is 1.84. The van der Waals surface area contributed by atoms with Crippen molar-refractivity contribution in [2.45, 2.75) is 13.3 Å². The Kier molecular flexibility index (Phi) is 2.07. The van der Waals surface area contributed by atoms with E-state index in [-0.39, 0.29) is 17.5 Å². The average molecular weight is 231 g/mol. The molecular weight excluding hydrogens is 218 g/mol. The molecule has 2 aromatic rings. The number of rotatable bonds is 2. The van der Waals surface area contributed by atoms with Crippen molar-refractivity contribution >= 4 is 22.6 Å². The second kappa shape index (κ2) is 3.48. The van der Waals surface area contributed by atoms with Crippen LogP contribution in [0.25, 0.3) is 11.0 Å². The summed E-state index contributed by atoms with van der Waals surface area (Å²) in [5.41, 5.74) is 1.93. The smallest absolute Gasteiger partial charge is 0.323 e. The molecule has 1 aliphatic rings. The highest BCUT2D eigenvalue weighted by Gasteiger charge is 2.39. The van der Waals surface area contributed by atoms with E-state index in [1.54, 1.807) is 18.2 Å². The highest BCUT2D eigenvalue weighted by Crippen LogP contribution is 2.38. The van der Waals surface area contributed by atoms with Crippen LogP contribution in [0.15, 0.2) is 23.0 Å². The number of anilines is 1. The van der Waals surface area contributed by atoms with Crippen LogP contribution in [-0.4, -0.2) is 15.9 Å². The van der Waals surface area contributed by atoms with Gasteiger partial charge in [0, 0.05) is 11.6 Å². The van der Waals surface area contributed by atoms with Gasteiger partial charge in [-0.05, 0) is 30.5 Å². The molecule has 1 aromatic carbocycles. The van der Waals surface area contributed by atoms with Gasteiger partial charge in [0.05, 0.1) is 11.0 Å². The van der Waals surface area contributed by atoms with Crippen LogP contribution >= 0.6 is 0 Å². The molecule has 1 amide bonds. The molecule has 0 bridgehead atoms. The fraction of sp³-hybridized carbons (Fsp3) is 0.333. The number of fused-ring (bicyclic) bond motifs is 1. The number of carbonyl (C=O) groups excluding carboxylic acids is 1. The summed E-state index contributed by atoms with van der Waals surface area (Å²) in [5, 5.41) is 2.86. The third-order valence-corrected chi connectivity index (χ3v) is 3.23. The van der Waals surface area contributed by atoms with Gasteiger partial charge in [-0.3, -0.25) is 4.79 Å². The number of nitrogens with one attached hydrogen (secondary N) is 3. The molecular formula is C12H13N3O2. The fourth-order valence-electron chi connectivity index (χ4n) is 2.03. The van der Waals surface area contributed by atoms with E-state index in [0.717, 1.165) is 17.6 Å². The monoisotopic (exact) mass is 231 g/mol. The number of hydrogen-bond donors (Lipinski definition) is 3. The minimum Gasteiger partial charge on any atom is -0.326 e. The Morgan fingerprint density at radius 2 is 2.06 bits per heavy atom. The van der Waals surface area contributed by atoms with E-state index in [4.69, 9.17) is 0 Å². The summed E-state index contributed by atoms with van der Waals surface area (Å²) in [7, 11) is 0. The molecule has 5 nitrogen and oxygen atoms in total. The predicted octanol–water partition coefficient (Wildman–Crippen LogP) is 1.45. The molecule has 3 rings (SSSR count). The first kappa shape index (κ1) is 10.1. The molecule has 1 heterocycles. The summed E-state index contributed by atoms with van der Waals surface area (Å²) in [6.07, 6.45) is 0.967. The number of H-pyrrole nitrogens is 2. The van der Waals surface area contributed by atoms with Crippen LogP contribution in [0.1, 0.15) is 13.3 Å². The van der Waals surface area contributed by atoms with E-state index >= 15 is 0 Å². The number of benzene rings is 1. The van der Waals surface area contributed by atoms with Crippen LogP contribution in [0.3, 0.4) is 0 Å². The molecule has 0 saturated heterocycles. The first-order chi connectivity index (χ1) is 8.13. The topological polar surface area (TPSA) is 77.8 Å². The maximum atomic E-state index is 11.7. The summed E-state index contributed by atoms with van der Waals surface area (Å²) in [4.78, 5) is 28.1. The van der Waals surface area contributed by atoms with Gasteiger partial charge < -0.3 is 15.3 Å². The van der Waals surface area contributed by atoms with Crippen LogP contribution in [0.2, 0.25) is 0 Å². The van der Waals surface area contributed by atoms with Gasteiger partial charge in [0.15, 0.2) is 0 Å². The highest BCUT2D eigenvalue weighted by molar-refractivity contribution is 5.95. The minimum atomic E-state index is -0.237. The molecule has 3 N–H and O–H groups in total. The number of hydrogen-bond acceptors (Lipinski definition) is 2. The highest BCUT2D eigenvalue weighted by atomic mass is 16.2. The Morgan fingerprint density at radius 1 is 1.35 bits per heavy atom. The quantitative estimate of drug-likeness (QED) is 0.731. The summed E-state index contributed by atoms with van der Waals surface area (Å²) in [5.74, 6) is 0.705. The van der Waals surface area contributed by atoms with Gasteiger partial charge in [-0.25, -0.2) is 4.79 Å². The van der Waals surface area contributed by atoms with Gasteiger partial charge in [0.2, 0.25) is 5.91 Å². The lowest BCUT2D eigenvalue weighted by Crippen LogP contribution is -2.14. The summed E-state index contributed by atoms with van der Waals surface area (Å²) in [6, 6.07) is 5.33. The Morgan fingerprint density at radius 3 is 2.76 bits per heavy atom. The molecule has 88 valence electrons. The Hall–Kier alpha value is -2.04. The SMILES string of the molecule is C[C@H]1C[C@H]1C(=O)Nc1ccc2[nH]c(=O)[nH]c2c1. The van der Waals surface area contributed by atoms with E-state index in [9.17, 15) is 9.59 Å². The summed E-state index contributed by atoms with van der Waals surface area (Å²) < 4.78 is 0. The zero-order valence-electron chi connectivity index (χ0n) is 9.41. The van der Waals surface area contributed by atoms with Crippen molar-refractivity contribution in [3.63, 3.8) is 0 Å². The van der Waals surface area contributed by atoms with E-state index in [0.29, 0.717) is 11.4 Å². The normalized spacial score (nSPS) is 22.6. The molecule has 0 unspecified atom stereocenters. The van der Waals surface area contributed by atoms with E-state index in [1.165, 1.54) is 0 Å². The van der Waals surface area contributed by atoms with Crippen molar-refractivity contribution in [1.82, 2.24) is 9.97 Å². The number of amides is 1. The largest absolute Gasteiger partial charge is 0.326 e. The lowest BCUT2D eigenvalue weighted by molar-refractivity contribution is -0.117. The van der Waals surface area contributed by atoms with Gasteiger partial charge in [-0.1, -0.05) is 6.92 Å². The van der Waals surface area contributed by atoms with Gasteiger partial charge in [0.1, 0.15) is 0 Å². The van der Waals surface area contributed by atoms with Crippen molar-refractivity contribution in [2.24, 2.45) is 11.8 Å². The van der Waals surface area contributed by atoms with Crippen LogP contribution in [-0.2, 0) is 4.79 Å². The molecule has 1 aliphatic carbocycles. The Labute approximate surface area is 97.2 Å². The fourth-order valence-corrected chi connectivity index (χ4v) is 2.03. The van der Waals surface area contributed by atoms with Crippen molar-refractivity contribution in [3.05, 3.63) is 28.7 Å². The summed E-state index contributed by atoms with van der Waals surface area (Å²) >= 11 is 0. The van der Waals surface area contributed by atoms with Crippen LogP contribution in [0, 0.1) is 11.8 Å². The number of aromatic nitrogens is 2. The lowest BCUT2D eigenvalue weighted by Gasteiger charge is -2.03. The summed E-state index contributed by atoms with van der Waals surface area (Å²) in [6.45, 7) is 2.07. The minimum absolute atomic E-state index is 0.0646. The zero-order chi connectivity index (χ0) is 12.0. The van der Waals surface area contributed by atoms with Gasteiger partial charge >= 0.3 is 5.69 Å². The van der Waals surface area contributed by atoms with Crippen molar-refractivity contribution in [2.75, 3.05) is 5.32 Å². The number of aromatic amines is 2. The zero-order valence-corrected chi connectivity index (χ0v) is 9.41. The lowest BCUT2D eigenvalue weighted by atomic mass is 10.2. The van der Waals surface area contributed by atoms with E-state index < -0.39 is 0 Å². The predicted molar refractivity (Wildman–Crippen MR) is 64.8 cm³/mol. The third-order valence-electron chi connectivity index (χ3n) is 3.23. The maximum Gasteiger partial charge on any atom is 0.323 e. The molecule has 1 fully saturated rings. The van der Waals surface area contributed by atoms with Crippen molar-refractivity contribution in [1.29, 1.82) is 0 Å². The van der Waals surface area contributed by atoms with Crippen molar-refractivity contribution < 1.29 is 4.79 Å². The van der Waals surface area contributed by atoms with E-state index in [2.05, 4.69) is 22.2 Å². The molecule has 0 aliphatic heterocycles. The molecule has 1 saturated carbocycles. The standard InChI is InChI=1S/C12H13N3O2/c1-6-4-8(6)11(16)13-7-2-3-9-10(5-7)15-12(17)14-9/h2-3,5-6,8H,4H2,1H3,(H,13,16)(H2,14,15,17)/t6-,8+/m0/s1. The van der Waals surface area contributed by atoms with Crippen LogP contribution in [0.5, 0.6) is 0 Å². The number of imidazole rings is 1. The van der Waals surface area contributed by atoms with E-state index in [1.807, 2.05) is 0 Å². The maximum absolute atomic E-state index is 11.7. The van der Waals surface area contributed by atoms with Gasteiger partial charge in [-0.15, -0.1) is 0 Å². The second-order valence-electron chi connectivity index (χ2n) is 4.65. The molecule has 2 atom stereocenters. The Bertz CT molecular complexity index is 640. The second-order valence-corrected chi connectivity index (χ2v) is 4.65. The van der Waals surface area contributed by atoms with Crippen molar-refractivity contribution in [3.8, 4) is 0 Å².